The van der Waals surface area contributed by atoms with Crippen LogP contribution in [-0.4, -0.2) is 17.1 Å². The molecule has 0 bridgehead atoms. The summed E-state index contributed by atoms with van der Waals surface area (Å²) < 4.78 is 5.04. The molecule has 0 unspecified atom stereocenters. The molecule has 0 radical (unpaired) electrons. The van der Waals surface area contributed by atoms with E-state index in [2.05, 4.69) is 15.9 Å². The van der Waals surface area contributed by atoms with Crippen LogP contribution >= 0.6 is 11.6 Å². The van der Waals surface area contributed by atoms with Gasteiger partial charge in [0.15, 0.2) is 0 Å². The molecule has 0 fully saturated rings. The maximum absolute atomic E-state index is 5.81. The van der Waals surface area contributed by atoms with E-state index in [1.165, 1.54) is 7.11 Å². The fourth-order valence-electron chi connectivity index (χ4n) is 1.42. The third-order valence-electron chi connectivity index (χ3n) is 2.21. The third kappa shape index (κ3) is 2.55. The number of rotatable bonds is 2. The summed E-state index contributed by atoms with van der Waals surface area (Å²) in [7, 11) is 1.53. The molecule has 0 atom stereocenters. The molecule has 0 N–H and O–H groups in total. The minimum absolute atomic E-state index is 0.144. The van der Waals surface area contributed by atoms with Crippen LogP contribution in [-0.2, 0) is 0 Å². The molecule has 2 rings (SSSR count). The summed E-state index contributed by atoms with van der Waals surface area (Å²) in [4.78, 5) is 8.05. The number of hydrogen-bond donors (Lipinski definition) is 0. The molecule has 17 heavy (non-hydrogen) atoms. The Balaban J connectivity index is 2.52. The molecule has 1 aromatic heterocycles. The molecule has 0 saturated carbocycles. The van der Waals surface area contributed by atoms with Crippen molar-refractivity contribution >= 4 is 11.6 Å². The highest BCUT2D eigenvalue weighted by Crippen LogP contribution is 2.23. The lowest BCUT2D eigenvalue weighted by atomic mass is 10.1. The number of hydrogen-bond acceptors (Lipinski definition) is 3. The van der Waals surface area contributed by atoms with E-state index in [9.17, 15) is 0 Å². The zero-order valence-electron chi connectivity index (χ0n) is 9.14. The molecule has 0 aliphatic carbocycles. The highest BCUT2D eigenvalue weighted by atomic mass is 35.5. The van der Waals surface area contributed by atoms with Crippen molar-refractivity contribution in [2.24, 2.45) is 0 Å². The second-order valence-corrected chi connectivity index (χ2v) is 3.63. The summed E-state index contributed by atoms with van der Waals surface area (Å²) in [6, 6.07) is 9.19. The Labute approximate surface area is 104 Å². The average molecular weight is 245 g/mol. The van der Waals surface area contributed by atoms with Gasteiger partial charge in [-0.15, -0.1) is 6.42 Å². The molecule has 2 aromatic rings. The Morgan fingerprint density at radius 1 is 1.29 bits per heavy atom. The topological polar surface area (TPSA) is 35.0 Å². The molecule has 0 amide bonds. The second kappa shape index (κ2) is 4.86. The molecule has 1 aromatic carbocycles. The first-order valence-electron chi connectivity index (χ1n) is 4.88. The van der Waals surface area contributed by atoms with Crippen LogP contribution in [0, 0.1) is 12.3 Å². The average Bonchev–Trinajstić information content (AvgIpc) is 2.38. The molecule has 0 aliphatic rings. The first kappa shape index (κ1) is 11.4. The summed E-state index contributed by atoms with van der Waals surface area (Å²) in [5.74, 6) is 3.00. The van der Waals surface area contributed by atoms with Crippen LogP contribution < -0.4 is 4.74 Å². The number of aromatic nitrogens is 2. The fourth-order valence-corrected chi connectivity index (χ4v) is 1.59. The van der Waals surface area contributed by atoms with Crippen molar-refractivity contribution in [2.45, 2.75) is 0 Å². The lowest BCUT2D eigenvalue weighted by molar-refractivity contribution is 0.397. The quantitative estimate of drug-likeness (QED) is 0.602. The van der Waals surface area contributed by atoms with Gasteiger partial charge in [-0.05, 0) is 23.7 Å². The Morgan fingerprint density at radius 2 is 2.12 bits per heavy atom. The molecule has 0 aliphatic heterocycles. The second-order valence-electron chi connectivity index (χ2n) is 3.29. The first-order valence-corrected chi connectivity index (χ1v) is 5.26. The Bertz CT molecular complexity index is 590. The standard InChI is InChI=1S/C13H9ClN2O/c1-3-9-5-4-6-10(7-9)11-8-12(17-2)16-13(14)15-11/h1,4-8H,2H3. The lowest BCUT2D eigenvalue weighted by Gasteiger charge is -2.04. The van der Waals surface area contributed by atoms with Crippen molar-refractivity contribution in [1.82, 2.24) is 9.97 Å². The molecule has 1 heterocycles. The summed E-state index contributed by atoms with van der Waals surface area (Å²) in [6.07, 6.45) is 5.35. The number of benzene rings is 1. The fraction of sp³-hybridized carbons (Fsp3) is 0.0769. The van der Waals surface area contributed by atoms with Gasteiger partial charge in [-0.1, -0.05) is 18.1 Å². The van der Waals surface area contributed by atoms with E-state index in [1.54, 1.807) is 6.07 Å². The van der Waals surface area contributed by atoms with Crippen molar-refractivity contribution in [3.63, 3.8) is 0 Å². The molecular weight excluding hydrogens is 236 g/mol. The Kier molecular flexibility index (Phi) is 3.27. The first-order chi connectivity index (χ1) is 8.22. The predicted octanol–water partition coefficient (Wildman–Crippen LogP) is 2.79. The molecule has 0 spiro atoms. The van der Waals surface area contributed by atoms with Crippen LogP contribution in [0.2, 0.25) is 5.28 Å². The lowest BCUT2D eigenvalue weighted by Crippen LogP contribution is -1.93. The van der Waals surface area contributed by atoms with Gasteiger partial charge in [0.25, 0.3) is 0 Å². The smallest absolute Gasteiger partial charge is 0.226 e. The maximum Gasteiger partial charge on any atom is 0.226 e. The van der Waals surface area contributed by atoms with Gasteiger partial charge in [-0.25, -0.2) is 4.98 Å². The van der Waals surface area contributed by atoms with Crippen molar-refractivity contribution in [3.8, 4) is 29.5 Å². The monoisotopic (exact) mass is 244 g/mol. The van der Waals surface area contributed by atoms with Gasteiger partial charge in [-0.2, -0.15) is 4.98 Å². The van der Waals surface area contributed by atoms with E-state index in [0.29, 0.717) is 11.6 Å². The molecule has 4 heteroatoms. The normalized spacial score (nSPS) is 9.71. The zero-order valence-corrected chi connectivity index (χ0v) is 9.90. The van der Waals surface area contributed by atoms with Crippen LogP contribution in [0.3, 0.4) is 0 Å². The molecular formula is C13H9ClN2O. The van der Waals surface area contributed by atoms with Crippen LogP contribution in [0.25, 0.3) is 11.3 Å². The Morgan fingerprint density at radius 3 is 2.82 bits per heavy atom. The summed E-state index contributed by atoms with van der Waals surface area (Å²) in [5, 5.41) is 0.144. The third-order valence-corrected chi connectivity index (χ3v) is 2.38. The summed E-state index contributed by atoms with van der Waals surface area (Å²) >= 11 is 5.81. The number of halogens is 1. The predicted molar refractivity (Wildman–Crippen MR) is 67.0 cm³/mol. The van der Waals surface area contributed by atoms with Crippen molar-refractivity contribution in [2.75, 3.05) is 7.11 Å². The largest absolute Gasteiger partial charge is 0.481 e. The van der Waals surface area contributed by atoms with Crippen LogP contribution in [0.4, 0.5) is 0 Å². The summed E-state index contributed by atoms with van der Waals surface area (Å²) in [5.41, 5.74) is 2.35. The number of methoxy groups -OCH3 is 1. The highest BCUT2D eigenvalue weighted by Gasteiger charge is 2.05. The van der Waals surface area contributed by atoms with Gasteiger partial charge in [0, 0.05) is 17.2 Å². The van der Waals surface area contributed by atoms with Gasteiger partial charge < -0.3 is 4.74 Å². The zero-order chi connectivity index (χ0) is 12.3. The number of ether oxygens (including phenoxy) is 1. The van der Waals surface area contributed by atoms with Crippen molar-refractivity contribution < 1.29 is 4.74 Å². The van der Waals surface area contributed by atoms with E-state index in [1.807, 2.05) is 24.3 Å². The van der Waals surface area contributed by atoms with Crippen LogP contribution in [0.5, 0.6) is 5.88 Å². The van der Waals surface area contributed by atoms with Crippen molar-refractivity contribution in [1.29, 1.82) is 0 Å². The van der Waals surface area contributed by atoms with Gasteiger partial charge in [0.1, 0.15) is 0 Å². The molecule has 0 saturated heterocycles. The van der Waals surface area contributed by atoms with Gasteiger partial charge in [0.05, 0.1) is 12.8 Å². The van der Waals surface area contributed by atoms with E-state index < -0.39 is 0 Å². The molecule has 3 nitrogen and oxygen atoms in total. The van der Waals surface area contributed by atoms with Gasteiger partial charge in [0.2, 0.25) is 11.2 Å². The van der Waals surface area contributed by atoms with Crippen molar-refractivity contribution in [3.05, 3.63) is 41.2 Å². The van der Waals surface area contributed by atoms with Crippen LogP contribution in [0.15, 0.2) is 30.3 Å². The highest BCUT2D eigenvalue weighted by molar-refractivity contribution is 6.28. The Hall–Kier alpha value is -2.05. The van der Waals surface area contributed by atoms with E-state index in [4.69, 9.17) is 22.8 Å². The number of nitrogens with zero attached hydrogens (tertiary/aromatic N) is 2. The molecule has 84 valence electrons. The van der Waals surface area contributed by atoms with E-state index >= 15 is 0 Å². The van der Waals surface area contributed by atoms with Crippen LogP contribution in [0.1, 0.15) is 5.56 Å². The SMILES string of the molecule is C#Cc1cccc(-c2cc(OC)nc(Cl)n2)c1. The van der Waals surface area contributed by atoms with E-state index in [-0.39, 0.29) is 5.28 Å². The minimum Gasteiger partial charge on any atom is -0.481 e. The maximum atomic E-state index is 5.81. The van der Waals surface area contributed by atoms with Gasteiger partial charge in [-0.3, -0.25) is 0 Å². The van der Waals surface area contributed by atoms with E-state index in [0.717, 1.165) is 11.1 Å². The number of terminal acetylenes is 1. The van der Waals surface area contributed by atoms with Gasteiger partial charge >= 0.3 is 0 Å². The minimum atomic E-state index is 0.144. The summed E-state index contributed by atoms with van der Waals surface area (Å²) in [6.45, 7) is 0.